The van der Waals surface area contributed by atoms with Crippen molar-refractivity contribution in [2.24, 2.45) is 7.05 Å². The number of hydrogen-bond acceptors (Lipinski definition) is 4. The van der Waals surface area contributed by atoms with E-state index in [1.807, 2.05) is 20.2 Å². The number of aryl methyl sites for hydroxylation is 2. The van der Waals surface area contributed by atoms with Crippen LogP contribution in [0.25, 0.3) is 11.0 Å². The number of amides is 2. The van der Waals surface area contributed by atoms with Crippen molar-refractivity contribution >= 4 is 22.8 Å². The maximum Gasteiger partial charge on any atom is 0.245 e. The molecule has 1 fully saturated rings. The summed E-state index contributed by atoms with van der Waals surface area (Å²) in [6.07, 6.45) is 3.90. The molecule has 2 aromatic rings. The zero-order valence-corrected chi connectivity index (χ0v) is 13.7. The number of aromatic nitrogens is 4. The second-order valence-electron chi connectivity index (χ2n) is 6.03. The summed E-state index contributed by atoms with van der Waals surface area (Å²) >= 11 is 0. The van der Waals surface area contributed by atoms with E-state index in [1.165, 1.54) is 0 Å². The Bertz CT molecular complexity index is 706. The van der Waals surface area contributed by atoms with Gasteiger partial charge >= 0.3 is 0 Å². The second kappa shape index (κ2) is 6.02. The minimum atomic E-state index is -0.479. The Hall–Kier alpha value is -2.38. The van der Waals surface area contributed by atoms with E-state index in [9.17, 15) is 9.59 Å². The molecule has 124 valence electrons. The number of nitrogens with one attached hydrogen (secondary N) is 1. The van der Waals surface area contributed by atoms with Crippen molar-refractivity contribution in [1.82, 2.24) is 29.8 Å². The lowest BCUT2D eigenvalue weighted by Crippen LogP contribution is -2.40. The molecule has 0 aromatic carbocycles. The number of carbonyl (C=O) groups is 2. The van der Waals surface area contributed by atoms with Crippen LogP contribution in [0.5, 0.6) is 0 Å². The van der Waals surface area contributed by atoms with Crippen molar-refractivity contribution in [3.05, 3.63) is 11.9 Å². The molecule has 0 spiro atoms. The fourth-order valence-electron chi connectivity index (χ4n) is 2.91. The van der Waals surface area contributed by atoms with Gasteiger partial charge < -0.3 is 10.2 Å². The Morgan fingerprint density at radius 2 is 2.00 bits per heavy atom. The highest BCUT2D eigenvalue weighted by Crippen LogP contribution is 2.17. The number of likely N-dealkylation sites (tertiary alicyclic amines) is 1. The van der Waals surface area contributed by atoms with Crippen LogP contribution in [0.3, 0.4) is 0 Å². The van der Waals surface area contributed by atoms with E-state index in [0.29, 0.717) is 0 Å². The molecule has 8 heteroatoms. The first kappa shape index (κ1) is 15.5. The fourth-order valence-corrected chi connectivity index (χ4v) is 2.91. The number of nitrogens with zero attached hydrogens (tertiary/aromatic N) is 5. The molecule has 3 rings (SSSR count). The first-order chi connectivity index (χ1) is 11.0. The van der Waals surface area contributed by atoms with E-state index in [1.54, 1.807) is 21.2 Å². The van der Waals surface area contributed by atoms with Crippen molar-refractivity contribution in [2.45, 2.75) is 32.7 Å². The molecule has 1 atom stereocenters. The van der Waals surface area contributed by atoms with Gasteiger partial charge in [-0.25, -0.2) is 0 Å². The average Bonchev–Trinajstić information content (AvgIpc) is 3.23. The van der Waals surface area contributed by atoms with Crippen LogP contribution in [0.15, 0.2) is 6.20 Å². The number of carbonyl (C=O) groups excluding carboxylic acids is 2. The van der Waals surface area contributed by atoms with Crippen molar-refractivity contribution < 1.29 is 9.59 Å². The molecule has 0 unspecified atom stereocenters. The van der Waals surface area contributed by atoms with Gasteiger partial charge in [-0.3, -0.25) is 19.0 Å². The van der Waals surface area contributed by atoms with Crippen LogP contribution in [0.4, 0.5) is 0 Å². The average molecular weight is 318 g/mol. The van der Waals surface area contributed by atoms with Gasteiger partial charge in [0.25, 0.3) is 0 Å². The second-order valence-corrected chi connectivity index (χ2v) is 6.03. The molecule has 0 bridgehead atoms. The summed E-state index contributed by atoms with van der Waals surface area (Å²) in [6, 6.07) is -0.479. The van der Waals surface area contributed by atoms with E-state index in [-0.39, 0.29) is 18.4 Å². The van der Waals surface area contributed by atoms with Crippen molar-refractivity contribution in [3.63, 3.8) is 0 Å². The normalized spacial score (nSPS) is 16.0. The van der Waals surface area contributed by atoms with E-state index in [4.69, 9.17) is 0 Å². The minimum absolute atomic E-state index is 0.0197. The van der Waals surface area contributed by atoms with Crippen LogP contribution in [0, 0.1) is 6.92 Å². The number of hydrogen-bond donors (Lipinski definition) is 1. The number of fused-ring (bicyclic) bond motifs is 1. The van der Waals surface area contributed by atoms with Gasteiger partial charge in [0.2, 0.25) is 11.8 Å². The molecular weight excluding hydrogens is 296 g/mol. The summed E-state index contributed by atoms with van der Waals surface area (Å²) in [5.74, 6) is -0.232. The summed E-state index contributed by atoms with van der Waals surface area (Å²) in [5.41, 5.74) is 2.51. The molecule has 0 radical (unpaired) electrons. The molecule has 1 aliphatic rings. The molecule has 2 amide bonds. The zero-order valence-electron chi connectivity index (χ0n) is 13.7. The molecule has 0 aliphatic carbocycles. The largest absolute Gasteiger partial charge is 0.345 e. The summed E-state index contributed by atoms with van der Waals surface area (Å²) in [6.45, 7) is 5.29. The highest BCUT2D eigenvalue weighted by atomic mass is 16.2. The van der Waals surface area contributed by atoms with Crippen molar-refractivity contribution in [1.29, 1.82) is 0 Å². The minimum Gasteiger partial charge on any atom is -0.345 e. The predicted octanol–water partition coefficient (Wildman–Crippen LogP) is 0.378. The van der Waals surface area contributed by atoms with Gasteiger partial charge in [-0.05, 0) is 26.7 Å². The lowest BCUT2D eigenvalue weighted by Gasteiger charge is -2.17. The summed E-state index contributed by atoms with van der Waals surface area (Å²) < 4.78 is 3.37. The lowest BCUT2D eigenvalue weighted by atomic mass is 10.3. The van der Waals surface area contributed by atoms with Crippen LogP contribution >= 0.6 is 0 Å². The molecular formula is C15H22N6O2. The highest BCUT2D eigenvalue weighted by molar-refractivity contribution is 5.87. The lowest BCUT2D eigenvalue weighted by molar-refractivity contribution is -0.132. The first-order valence-corrected chi connectivity index (χ1v) is 7.91. The Kier molecular flexibility index (Phi) is 4.06. The molecule has 1 N–H and O–H groups in total. The Morgan fingerprint density at radius 1 is 1.30 bits per heavy atom. The Balaban J connectivity index is 1.63. The zero-order chi connectivity index (χ0) is 16.6. The highest BCUT2D eigenvalue weighted by Gasteiger charge is 2.22. The molecule has 23 heavy (non-hydrogen) atoms. The first-order valence-electron chi connectivity index (χ1n) is 7.91. The third-order valence-corrected chi connectivity index (χ3v) is 4.35. The smallest absolute Gasteiger partial charge is 0.245 e. The van der Waals surface area contributed by atoms with E-state index < -0.39 is 6.04 Å². The third-order valence-electron chi connectivity index (χ3n) is 4.35. The van der Waals surface area contributed by atoms with Crippen molar-refractivity contribution in [3.8, 4) is 0 Å². The van der Waals surface area contributed by atoms with Crippen LogP contribution < -0.4 is 5.32 Å². The quantitative estimate of drug-likeness (QED) is 0.883. The summed E-state index contributed by atoms with van der Waals surface area (Å²) in [7, 11) is 1.85. The Morgan fingerprint density at radius 3 is 2.65 bits per heavy atom. The van der Waals surface area contributed by atoms with Gasteiger partial charge in [0.15, 0.2) is 0 Å². The predicted molar refractivity (Wildman–Crippen MR) is 84.8 cm³/mol. The molecule has 3 heterocycles. The maximum atomic E-state index is 12.3. The number of rotatable bonds is 4. The third kappa shape index (κ3) is 2.93. The summed E-state index contributed by atoms with van der Waals surface area (Å²) in [5, 5.41) is 11.4. The van der Waals surface area contributed by atoms with Gasteiger partial charge in [-0.15, -0.1) is 0 Å². The van der Waals surface area contributed by atoms with E-state index in [0.717, 1.165) is 42.7 Å². The maximum absolute atomic E-state index is 12.3. The van der Waals surface area contributed by atoms with Gasteiger partial charge in [-0.2, -0.15) is 10.2 Å². The van der Waals surface area contributed by atoms with Crippen LogP contribution in [-0.2, 0) is 16.6 Å². The summed E-state index contributed by atoms with van der Waals surface area (Å²) in [4.78, 5) is 26.0. The van der Waals surface area contributed by atoms with E-state index in [2.05, 4.69) is 15.5 Å². The monoisotopic (exact) mass is 318 g/mol. The molecule has 1 aliphatic heterocycles. The standard InChI is InChI=1S/C15H22N6O2/c1-10-14-12(19(3)17-10)9-21(18-14)11(2)15(23)16-8-13(22)20-6-4-5-7-20/h9,11H,4-8H2,1-3H3,(H,16,23)/t11-/m0/s1. The molecule has 8 nitrogen and oxygen atoms in total. The van der Waals surface area contributed by atoms with Gasteiger partial charge in [-0.1, -0.05) is 0 Å². The molecule has 2 aromatic heterocycles. The van der Waals surface area contributed by atoms with Crippen LogP contribution in [0.2, 0.25) is 0 Å². The fraction of sp³-hybridized carbons (Fsp3) is 0.600. The van der Waals surface area contributed by atoms with Gasteiger partial charge in [0.05, 0.1) is 18.4 Å². The van der Waals surface area contributed by atoms with Gasteiger partial charge in [0, 0.05) is 20.1 Å². The van der Waals surface area contributed by atoms with Crippen LogP contribution in [0.1, 0.15) is 31.5 Å². The van der Waals surface area contributed by atoms with Crippen LogP contribution in [-0.4, -0.2) is 55.9 Å². The van der Waals surface area contributed by atoms with E-state index >= 15 is 0 Å². The van der Waals surface area contributed by atoms with Crippen molar-refractivity contribution in [2.75, 3.05) is 19.6 Å². The van der Waals surface area contributed by atoms with Gasteiger partial charge in [0.1, 0.15) is 17.1 Å². The SMILES string of the molecule is Cc1nn(C)c2cn([C@@H](C)C(=O)NCC(=O)N3CCCC3)nc12. The Labute approximate surface area is 134 Å². The molecule has 1 saturated heterocycles. The molecule has 0 saturated carbocycles. The topological polar surface area (TPSA) is 85.0 Å².